The molecule has 0 saturated heterocycles. The van der Waals surface area contributed by atoms with E-state index in [1.165, 1.54) is 19.2 Å². The molecule has 0 heterocycles. The molecule has 0 aliphatic heterocycles. The molecule has 0 unspecified atom stereocenters. The molecule has 0 atom stereocenters. The van der Waals surface area contributed by atoms with Crippen LogP contribution in [0.1, 0.15) is 31.1 Å². The van der Waals surface area contributed by atoms with Gasteiger partial charge in [-0.15, -0.1) is 0 Å². The van der Waals surface area contributed by atoms with Crippen LogP contribution in [0.2, 0.25) is 0 Å². The van der Waals surface area contributed by atoms with Gasteiger partial charge >= 0.3 is 11.7 Å². The fraction of sp³-hybridized carbons (Fsp3) is 0.500. The van der Waals surface area contributed by atoms with Crippen molar-refractivity contribution in [1.82, 2.24) is 9.80 Å². The van der Waals surface area contributed by atoms with E-state index < -0.39 is 23.4 Å². The van der Waals surface area contributed by atoms with Gasteiger partial charge in [0.15, 0.2) is 12.4 Å². The zero-order valence-corrected chi connectivity index (χ0v) is 16.5. The Kier molecular flexibility index (Phi) is 8.86. The predicted octanol–water partition coefficient (Wildman–Crippen LogP) is 1.48. The number of amides is 2. The number of nitro groups is 1. The van der Waals surface area contributed by atoms with Crippen LogP contribution >= 0.6 is 0 Å². The molecule has 0 radical (unpaired) electrons. The number of carbonyl (C=O) groups is 3. The molecule has 28 heavy (non-hydrogen) atoms. The maximum atomic E-state index is 12.1. The minimum Gasteiger partial charge on any atom is -0.487 e. The number of hydrogen-bond donors (Lipinski definition) is 0. The molecule has 0 N–H and O–H groups in total. The molecule has 10 heteroatoms. The van der Waals surface area contributed by atoms with Gasteiger partial charge in [0, 0.05) is 26.2 Å². The Hall–Kier alpha value is -3.17. The molecule has 1 aromatic rings. The van der Waals surface area contributed by atoms with E-state index in [0.29, 0.717) is 13.1 Å². The average Bonchev–Trinajstić information content (AvgIpc) is 2.66. The van der Waals surface area contributed by atoms with Gasteiger partial charge in [0.05, 0.1) is 23.6 Å². The quantitative estimate of drug-likeness (QED) is 0.334. The lowest BCUT2D eigenvalue weighted by Crippen LogP contribution is -2.42. The minimum atomic E-state index is -0.886. The lowest BCUT2D eigenvalue weighted by atomic mass is 10.2. The number of esters is 1. The Labute approximate surface area is 163 Å². The van der Waals surface area contributed by atoms with E-state index in [1.807, 2.05) is 13.8 Å². The summed E-state index contributed by atoms with van der Waals surface area (Å²) in [7, 11) is 1.43. The van der Waals surface area contributed by atoms with Crippen LogP contribution in [0, 0.1) is 10.1 Å². The minimum absolute atomic E-state index is 0.0368. The second-order valence-electron chi connectivity index (χ2n) is 5.76. The number of hydrogen-bond acceptors (Lipinski definition) is 7. The standard InChI is InChI=1S/C18H25N3O7/c1-5-20(6-2)16(22)11-19(4)17(23)12-28-18(24)13-8-9-15(27-7-3)14(10-13)21(25)26/h8-10H,5-7,11-12H2,1-4H3. The molecule has 1 aromatic carbocycles. The van der Waals surface area contributed by atoms with Gasteiger partial charge in [0.2, 0.25) is 5.91 Å². The van der Waals surface area contributed by atoms with Gasteiger partial charge in [-0.05, 0) is 32.9 Å². The maximum Gasteiger partial charge on any atom is 0.338 e. The van der Waals surface area contributed by atoms with E-state index in [-0.39, 0.29) is 36.1 Å². The first kappa shape index (κ1) is 22.9. The topological polar surface area (TPSA) is 119 Å². The number of ether oxygens (including phenoxy) is 2. The number of carbonyl (C=O) groups excluding carboxylic acids is 3. The van der Waals surface area contributed by atoms with Crippen LogP contribution < -0.4 is 4.74 Å². The van der Waals surface area contributed by atoms with Crippen molar-refractivity contribution < 1.29 is 28.8 Å². The first-order valence-electron chi connectivity index (χ1n) is 8.85. The highest BCUT2D eigenvalue weighted by Crippen LogP contribution is 2.28. The molecular weight excluding hydrogens is 370 g/mol. The van der Waals surface area contributed by atoms with E-state index in [1.54, 1.807) is 11.8 Å². The third kappa shape index (κ3) is 6.22. The Bertz CT molecular complexity index is 732. The molecule has 0 bridgehead atoms. The van der Waals surface area contributed by atoms with Crippen LogP contribution in [-0.4, -0.2) is 72.4 Å². The van der Waals surface area contributed by atoms with E-state index in [0.717, 1.165) is 11.0 Å². The van der Waals surface area contributed by atoms with Gasteiger partial charge in [0.1, 0.15) is 0 Å². The SMILES string of the molecule is CCOc1ccc(C(=O)OCC(=O)N(C)CC(=O)N(CC)CC)cc1[N+](=O)[O-]. The zero-order valence-electron chi connectivity index (χ0n) is 16.5. The van der Waals surface area contributed by atoms with Crippen LogP contribution in [0.4, 0.5) is 5.69 Å². The largest absolute Gasteiger partial charge is 0.487 e. The number of nitro benzene ring substituents is 1. The second-order valence-corrected chi connectivity index (χ2v) is 5.76. The molecule has 154 valence electrons. The summed E-state index contributed by atoms with van der Waals surface area (Å²) in [6.45, 7) is 5.93. The summed E-state index contributed by atoms with van der Waals surface area (Å²) in [4.78, 5) is 49.4. The van der Waals surface area contributed by atoms with Gasteiger partial charge in [-0.3, -0.25) is 19.7 Å². The monoisotopic (exact) mass is 395 g/mol. The Morgan fingerprint density at radius 2 is 1.75 bits per heavy atom. The molecule has 0 fully saturated rings. The van der Waals surface area contributed by atoms with Gasteiger partial charge in [0.25, 0.3) is 5.91 Å². The molecule has 0 aliphatic rings. The van der Waals surface area contributed by atoms with Gasteiger partial charge < -0.3 is 19.3 Å². The average molecular weight is 395 g/mol. The number of likely N-dealkylation sites (N-methyl/N-ethyl adjacent to an activating group) is 2. The summed E-state index contributed by atoms with van der Waals surface area (Å²) < 4.78 is 10.1. The van der Waals surface area contributed by atoms with Gasteiger partial charge in [-0.2, -0.15) is 0 Å². The highest BCUT2D eigenvalue weighted by molar-refractivity contribution is 5.93. The predicted molar refractivity (Wildman–Crippen MR) is 100 cm³/mol. The summed E-state index contributed by atoms with van der Waals surface area (Å²) in [5, 5.41) is 11.1. The van der Waals surface area contributed by atoms with E-state index in [2.05, 4.69) is 0 Å². The first-order valence-corrected chi connectivity index (χ1v) is 8.85. The van der Waals surface area contributed by atoms with Crippen LogP contribution in [0.25, 0.3) is 0 Å². The molecule has 0 spiro atoms. The first-order chi connectivity index (χ1) is 13.2. The zero-order chi connectivity index (χ0) is 21.3. The van der Waals surface area contributed by atoms with Crippen LogP contribution in [0.5, 0.6) is 5.75 Å². The van der Waals surface area contributed by atoms with Crippen LogP contribution in [-0.2, 0) is 14.3 Å². The summed E-state index contributed by atoms with van der Waals surface area (Å²) in [6.07, 6.45) is 0. The van der Waals surface area contributed by atoms with Crippen molar-refractivity contribution in [2.24, 2.45) is 0 Å². The van der Waals surface area contributed by atoms with Gasteiger partial charge in [-0.25, -0.2) is 4.79 Å². The number of benzene rings is 1. The van der Waals surface area contributed by atoms with Crippen molar-refractivity contribution in [3.05, 3.63) is 33.9 Å². The smallest absolute Gasteiger partial charge is 0.338 e. The van der Waals surface area contributed by atoms with E-state index >= 15 is 0 Å². The van der Waals surface area contributed by atoms with Crippen molar-refractivity contribution in [2.45, 2.75) is 20.8 Å². The second kappa shape index (κ2) is 10.9. The van der Waals surface area contributed by atoms with Crippen molar-refractivity contribution in [3.63, 3.8) is 0 Å². The highest BCUT2D eigenvalue weighted by Gasteiger charge is 2.21. The summed E-state index contributed by atoms with van der Waals surface area (Å²) >= 11 is 0. The van der Waals surface area contributed by atoms with Crippen molar-refractivity contribution in [2.75, 3.05) is 39.9 Å². The summed E-state index contributed by atoms with van der Waals surface area (Å²) in [5.41, 5.74) is -0.450. The number of nitrogens with zero attached hydrogens (tertiary/aromatic N) is 3. The van der Waals surface area contributed by atoms with Crippen LogP contribution in [0.3, 0.4) is 0 Å². The van der Waals surface area contributed by atoms with E-state index in [4.69, 9.17) is 9.47 Å². The van der Waals surface area contributed by atoms with E-state index in [9.17, 15) is 24.5 Å². The highest BCUT2D eigenvalue weighted by atomic mass is 16.6. The van der Waals surface area contributed by atoms with Crippen molar-refractivity contribution in [1.29, 1.82) is 0 Å². The van der Waals surface area contributed by atoms with Gasteiger partial charge in [-0.1, -0.05) is 0 Å². The Morgan fingerprint density at radius 3 is 2.29 bits per heavy atom. The normalized spacial score (nSPS) is 10.1. The molecule has 10 nitrogen and oxygen atoms in total. The molecule has 2 amide bonds. The fourth-order valence-electron chi connectivity index (χ4n) is 2.35. The van der Waals surface area contributed by atoms with Crippen LogP contribution in [0.15, 0.2) is 18.2 Å². The molecular formula is C18H25N3O7. The van der Waals surface area contributed by atoms with Crippen molar-refractivity contribution in [3.8, 4) is 5.75 Å². The Balaban J connectivity index is 2.70. The number of rotatable bonds is 10. The summed E-state index contributed by atoms with van der Waals surface area (Å²) in [5.74, 6) is -1.62. The molecule has 0 aromatic heterocycles. The third-order valence-corrected chi connectivity index (χ3v) is 3.93. The lowest BCUT2D eigenvalue weighted by molar-refractivity contribution is -0.385. The lowest BCUT2D eigenvalue weighted by Gasteiger charge is -2.23. The molecule has 0 aliphatic carbocycles. The molecule has 1 rings (SSSR count). The maximum absolute atomic E-state index is 12.1. The Morgan fingerprint density at radius 1 is 1.11 bits per heavy atom. The fourth-order valence-corrected chi connectivity index (χ4v) is 2.35. The van der Waals surface area contributed by atoms with Crippen molar-refractivity contribution >= 4 is 23.5 Å². The summed E-state index contributed by atoms with van der Waals surface area (Å²) in [6, 6.07) is 3.65. The molecule has 0 saturated carbocycles. The third-order valence-electron chi connectivity index (χ3n) is 3.93.